The number of benzene rings is 5. The van der Waals surface area contributed by atoms with Gasteiger partial charge in [0.1, 0.15) is 33.7 Å². The summed E-state index contributed by atoms with van der Waals surface area (Å²) in [5, 5.41) is 4.87. The quantitative estimate of drug-likeness (QED) is 0.0358. The van der Waals surface area contributed by atoms with Crippen LogP contribution in [0.15, 0.2) is 72.8 Å². The fourth-order valence-corrected chi connectivity index (χ4v) is 23.0. The molecule has 7 heterocycles. The minimum atomic E-state index is -0.274. The van der Waals surface area contributed by atoms with Crippen molar-refractivity contribution in [2.75, 3.05) is 0 Å². The number of thiophene rings is 4. The Hall–Kier alpha value is -5.28. The number of hydrogen-bond donors (Lipinski definition) is 0. The van der Waals surface area contributed by atoms with Crippen molar-refractivity contribution in [3.63, 3.8) is 0 Å². The zero-order valence-electron chi connectivity index (χ0n) is 63.1. The van der Waals surface area contributed by atoms with E-state index in [0.717, 1.165) is 101 Å². The molecular weight excluding hydrogens is 1370 g/mol. The molecule has 0 fully saturated rings. The first kappa shape index (κ1) is 76.4. The second-order valence-corrected chi connectivity index (χ2v) is 35.5. The summed E-state index contributed by atoms with van der Waals surface area (Å²) in [5.41, 5.74) is 15.4. The molecule has 0 bridgehead atoms. The average molecular weight is 1480 g/mol. The van der Waals surface area contributed by atoms with Gasteiger partial charge in [0.25, 0.3) is 0 Å². The minimum Gasteiger partial charge on any atom is -0.337 e. The van der Waals surface area contributed by atoms with Gasteiger partial charge >= 0.3 is 0 Å². The molecule has 0 saturated carbocycles. The summed E-state index contributed by atoms with van der Waals surface area (Å²) in [6.07, 6.45) is 41.2. The van der Waals surface area contributed by atoms with E-state index in [-0.39, 0.29) is 11.6 Å². The molecule has 12 rings (SSSR count). The Morgan fingerprint density at radius 2 is 0.824 bits per heavy atom. The van der Waals surface area contributed by atoms with Crippen molar-refractivity contribution < 1.29 is 8.78 Å². The monoisotopic (exact) mass is 1480 g/mol. The van der Waals surface area contributed by atoms with E-state index in [9.17, 15) is 0 Å². The zero-order chi connectivity index (χ0) is 71.2. The van der Waals surface area contributed by atoms with Gasteiger partial charge in [0.15, 0.2) is 0 Å². The van der Waals surface area contributed by atoms with Crippen molar-refractivity contribution >= 4 is 133 Å². The lowest BCUT2D eigenvalue weighted by molar-refractivity contribution is 0.410. The molecular formula is C89H113F2N5S6. The first-order valence-corrected chi connectivity index (χ1v) is 44.8. The highest BCUT2D eigenvalue weighted by molar-refractivity contribution is 7.26. The summed E-state index contributed by atoms with van der Waals surface area (Å²) in [4.78, 5) is 7.61. The number of rotatable bonds is 42. The maximum atomic E-state index is 18.5. The molecule has 5 nitrogen and oxygen atoms in total. The number of unbranched alkanes of at least 4 members (excludes halogenated alkanes) is 18. The predicted octanol–water partition coefficient (Wildman–Crippen LogP) is 31.4. The molecule has 2 atom stereocenters. The second kappa shape index (κ2) is 36.8. The molecule has 0 radical (unpaired) electrons. The van der Waals surface area contributed by atoms with Gasteiger partial charge in [-0.15, -0.1) is 45.3 Å². The van der Waals surface area contributed by atoms with Gasteiger partial charge in [-0.2, -0.15) is 17.5 Å². The molecule has 7 aromatic heterocycles. The molecule has 0 spiro atoms. The van der Waals surface area contributed by atoms with Crippen LogP contribution in [-0.2, 0) is 25.7 Å². The molecule has 0 aliphatic carbocycles. The van der Waals surface area contributed by atoms with Crippen molar-refractivity contribution in [1.29, 1.82) is 0 Å². The van der Waals surface area contributed by atoms with Gasteiger partial charge in [-0.25, -0.2) is 8.78 Å². The predicted molar refractivity (Wildman–Crippen MR) is 449 cm³/mol. The van der Waals surface area contributed by atoms with Crippen LogP contribution in [0, 0.1) is 37.3 Å². The third-order valence-electron chi connectivity index (χ3n) is 22.5. The molecule has 544 valence electrons. The van der Waals surface area contributed by atoms with Crippen LogP contribution in [0.25, 0.3) is 117 Å². The topological polar surface area (TPSA) is 56.5 Å². The molecule has 12 aromatic rings. The van der Waals surface area contributed by atoms with E-state index in [0.29, 0.717) is 40.0 Å². The number of aromatic nitrogens is 5. The van der Waals surface area contributed by atoms with E-state index in [1.807, 2.05) is 35.7 Å². The Morgan fingerprint density at radius 3 is 1.33 bits per heavy atom. The first-order valence-electron chi connectivity index (χ1n) is 40.1. The van der Waals surface area contributed by atoms with Crippen molar-refractivity contribution in [3.8, 4) is 52.9 Å². The summed E-state index contributed by atoms with van der Waals surface area (Å²) >= 11 is 9.97. The van der Waals surface area contributed by atoms with E-state index in [1.54, 1.807) is 28.7 Å². The van der Waals surface area contributed by atoms with Gasteiger partial charge in [-0.3, -0.25) is 0 Å². The maximum absolute atomic E-state index is 18.5. The van der Waals surface area contributed by atoms with Crippen LogP contribution in [0.2, 0.25) is 0 Å². The fourth-order valence-electron chi connectivity index (χ4n) is 16.4. The maximum Gasteiger partial charge on any atom is 0.134 e. The number of fused-ring (bicyclic) bond motifs is 7. The Morgan fingerprint density at radius 1 is 0.382 bits per heavy atom. The number of nitrogens with zero attached hydrogens (tertiary/aromatic N) is 5. The largest absolute Gasteiger partial charge is 0.337 e. The van der Waals surface area contributed by atoms with Crippen LogP contribution >= 0.6 is 68.8 Å². The highest BCUT2D eigenvalue weighted by Crippen LogP contribution is 2.57. The number of hydrogen-bond acceptors (Lipinski definition) is 10. The van der Waals surface area contributed by atoms with Crippen molar-refractivity contribution in [2.45, 2.75) is 294 Å². The van der Waals surface area contributed by atoms with Crippen LogP contribution < -0.4 is 0 Å². The average Bonchev–Trinajstić information content (AvgIpc) is 1.55. The second-order valence-electron chi connectivity index (χ2n) is 30.1. The van der Waals surface area contributed by atoms with Crippen molar-refractivity contribution in [1.82, 2.24) is 22.1 Å². The molecule has 2 unspecified atom stereocenters. The lowest BCUT2D eigenvalue weighted by atomic mass is 9.92. The van der Waals surface area contributed by atoms with Crippen LogP contribution in [0.1, 0.15) is 286 Å². The van der Waals surface area contributed by atoms with Crippen molar-refractivity contribution in [3.05, 3.63) is 116 Å². The third-order valence-corrected chi connectivity index (χ3v) is 28.4. The van der Waals surface area contributed by atoms with E-state index in [1.165, 1.54) is 268 Å². The van der Waals surface area contributed by atoms with Gasteiger partial charge in [-0.1, -0.05) is 247 Å². The SMILES string of the molecule is CCCCCCCCC(CCCCCCCC)n1c2cc(C)ccc2c2ccc(-c3c(F)cc(-c4cc5c(-c6cc(CCCCCC)c(CC(CC)CCCC)s6)c6sc(-c7cc(F)c(C)c8nsnc78)cc6c(-c6cc(CCCCCC)c(CC(CC)CCCC)s6)c5s4)c4nsnc34)cc21. The molecule has 0 amide bonds. The minimum absolute atomic E-state index is 0.256. The summed E-state index contributed by atoms with van der Waals surface area (Å²) in [6.45, 7) is 22.7. The fraction of sp³-hybridized carbons (Fsp3) is 0.528. The molecule has 0 aliphatic rings. The standard InChI is InChI=1S/C89H113F2N5S6/c1-11-19-25-29-31-35-41-64(42-36-32-30-26-20-12-2)96-73-47-57(9)43-45-65(73)66-46-44-63(50-74(66)96)81-72(91)54-68(86-87(81)95-102-94-86)78-56-70-83(80-52-62(40-34-28-22-14-4)76(98-80)49-60(18-8)38-24-16-6)88-69(55-77(99-88)67-53-71(90)58(10)84-85(67)93-101-92-84)82(89(70)100-78)79-51-61(39-33-27-21-13-3)75(97-79)48-59(17-7)37-23-15-5/h43-47,50-56,59-60,64H,11-42,48-49H2,1-10H3. The van der Waals surface area contributed by atoms with Gasteiger partial charge in [0.2, 0.25) is 0 Å². The molecule has 102 heavy (non-hydrogen) atoms. The van der Waals surface area contributed by atoms with Crippen LogP contribution in [0.4, 0.5) is 8.78 Å². The molecule has 5 aromatic carbocycles. The highest BCUT2D eigenvalue weighted by Gasteiger charge is 2.30. The Labute approximate surface area is 633 Å². The van der Waals surface area contributed by atoms with Gasteiger partial charge in [-0.05, 0) is 148 Å². The number of halogens is 2. The molecule has 0 N–H and O–H groups in total. The van der Waals surface area contributed by atoms with Gasteiger partial charge in [0.05, 0.1) is 23.5 Å². The van der Waals surface area contributed by atoms with E-state index in [2.05, 4.69) is 128 Å². The summed E-state index contributed by atoms with van der Waals surface area (Å²) in [5.74, 6) is 0.698. The van der Waals surface area contributed by atoms with Gasteiger partial charge in [0, 0.05) is 111 Å². The molecule has 0 saturated heterocycles. The van der Waals surface area contributed by atoms with Crippen molar-refractivity contribution in [2.24, 2.45) is 11.8 Å². The lowest BCUT2D eigenvalue weighted by Gasteiger charge is -2.22. The van der Waals surface area contributed by atoms with E-state index < -0.39 is 0 Å². The highest BCUT2D eigenvalue weighted by atomic mass is 32.1. The summed E-state index contributed by atoms with van der Waals surface area (Å²) < 4.78 is 60.0. The first-order chi connectivity index (χ1) is 49.9. The van der Waals surface area contributed by atoms with E-state index >= 15 is 8.78 Å². The zero-order valence-corrected chi connectivity index (χ0v) is 68.0. The lowest BCUT2D eigenvalue weighted by Crippen LogP contribution is -2.09. The van der Waals surface area contributed by atoms with Crippen LogP contribution in [0.5, 0.6) is 0 Å². The van der Waals surface area contributed by atoms with Crippen LogP contribution in [0.3, 0.4) is 0 Å². The molecule has 0 aliphatic heterocycles. The summed E-state index contributed by atoms with van der Waals surface area (Å²) in [7, 11) is 0. The van der Waals surface area contributed by atoms with Gasteiger partial charge < -0.3 is 4.57 Å². The summed E-state index contributed by atoms with van der Waals surface area (Å²) in [6, 6.07) is 27.5. The number of aryl methyl sites for hydroxylation is 4. The van der Waals surface area contributed by atoms with E-state index in [4.69, 9.17) is 17.5 Å². The third kappa shape index (κ3) is 17.1. The van der Waals surface area contributed by atoms with Crippen LogP contribution in [-0.4, -0.2) is 22.1 Å². The Balaban J connectivity index is 1.08. The Bertz CT molecular complexity index is 4580. The molecule has 13 heteroatoms. The smallest absolute Gasteiger partial charge is 0.134 e. The Kier molecular flexibility index (Phi) is 27.6. The normalized spacial score (nSPS) is 12.9.